The Morgan fingerprint density at radius 2 is 2.04 bits per heavy atom. The first-order valence-corrected chi connectivity index (χ1v) is 9.23. The number of carbonyl (C=O) groups is 2. The van der Waals surface area contributed by atoms with Gasteiger partial charge in [-0.3, -0.25) is 14.0 Å². The topological polar surface area (TPSA) is 75.9 Å². The number of nitrogens with zero attached hydrogens (tertiary/aromatic N) is 3. The van der Waals surface area contributed by atoms with Crippen molar-refractivity contribution in [3.63, 3.8) is 0 Å². The second-order valence-corrected chi connectivity index (χ2v) is 6.51. The number of benzene rings is 1. The number of rotatable bonds is 7. The fraction of sp³-hybridized carbons (Fsp3) is 0.286. The van der Waals surface area contributed by atoms with Gasteiger partial charge in [0, 0.05) is 31.5 Å². The van der Waals surface area contributed by atoms with Crippen molar-refractivity contribution in [3.05, 3.63) is 60.2 Å². The number of amides is 2. The van der Waals surface area contributed by atoms with E-state index < -0.39 is 0 Å². The molecule has 0 atom stereocenters. The first kappa shape index (κ1) is 19.4. The molecule has 0 radical (unpaired) electrons. The van der Waals surface area contributed by atoms with Gasteiger partial charge in [-0.1, -0.05) is 25.5 Å². The molecule has 146 valence electrons. The van der Waals surface area contributed by atoms with Crippen LogP contribution in [0.5, 0.6) is 5.75 Å². The van der Waals surface area contributed by atoms with Gasteiger partial charge < -0.3 is 15.0 Å². The summed E-state index contributed by atoms with van der Waals surface area (Å²) in [4.78, 5) is 31.7. The summed E-state index contributed by atoms with van der Waals surface area (Å²) < 4.78 is 6.84. The predicted octanol–water partition coefficient (Wildman–Crippen LogP) is 3.47. The number of pyridine rings is 1. The van der Waals surface area contributed by atoms with Crippen LogP contribution in [0, 0.1) is 0 Å². The van der Waals surface area contributed by atoms with Gasteiger partial charge in [-0.15, -0.1) is 0 Å². The Balaban J connectivity index is 1.93. The highest BCUT2D eigenvalue weighted by Gasteiger charge is 2.23. The summed E-state index contributed by atoms with van der Waals surface area (Å²) in [6, 6.07) is 12.5. The van der Waals surface area contributed by atoms with Gasteiger partial charge in [0.05, 0.1) is 12.6 Å². The minimum Gasteiger partial charge on any atom is -0.497 e. The molecule has 0 bridgehead atoms. The van der Waals surface area contributed by atoms with Crippen LogP contribution in [-0.2, 0) is 0 Å². The minimum atomic E-state index is -0.382. The van der Waals surface area contributed by atoms with Crippen molar-refractivity contribution in [2.24, 2.45) is 0 Å². The largest absolute Gasteiger partial charge is 0.497 e. The Morgan fingerprint density at radius 3 is 2.79 bits per heavy atom. The summed E-state index contributed by atoms with van der Waals surface area (Å²) in [6.45, 7) is 2.71. The zero-order valence-electron chi connectivity index (χ0n) is 16.3. The van der Waals surface area contributed by atoms with Crippen molar-refractivity contribution in [3.8, 4) is 5.75 Å². The molecule has 2 amide bonds. The van der Waals surface area contributed by atoms with Gasteiger partial charge in [0.15, 0.2) is 5.69 Å². The first-order chi connectivity index (χ1) is 13.5. The average molecular weight is 380 g/mol. The van der Waals surface area contributed by atoms with E-state index in [-0.39, 0.29) is 23.3 Å². The van der Waals surface area contributed by atoms with Gasteiger partial charge in [0.1, 0.15) is 5.75 Å². The number of ether oxygens (including phenoxy) is 1. The third kappa shape index (κ3) is 3.98. The van der Waals surface area contributed by atoms with Gasteiger partial charge in [0.25, 0.3) is 11.8 Å². The highest BCUT2D eigenvalue weighted by Crippen LogP contribution is 2.20. The first-order valence-electron chi connectivity index (χ1n) is 9.23. The summed E-state index contributed by atoms with van der Waals surface area (Å²) in [5.74, 6) is 0.271. The Hall–Kier alpha value is -3.35. The van der Waals surface area contributed by atoms with E-state index in [9.17, 15) is 9.59 Å². The highest BCUT2D eigenvalue weighted by atomic mass is 16.5. The number of carbonyl (C=O) groups excluding carboxylic acids is 2. The Kier molecular flexibility index (Phi) is 5.93. The number of nitrogens with one attached hydrogen (secondary N) is 1. The van der Waals surface area contributed by atoms with Gasteiger partial charge in [-0.25, -0.2) is 4.98 Å². The van der Waals surface area contributed by atoms with Crippen LogP contribution in [-0.4, -0.2) is 46.8 Å². The summed E-state index contributed by atoms with van der Waals surface area (Å²) >= 11 is 0. The van der Waals surface area contributed by atoms with Crippen LogP contribution in [0.4, 0.5) is 5.69 Å². The van der Waals surface area contributed by atoms with E-state index in [0.29, 0.717) is 23.5 Å². The summed E-state index contributed by atoms with van der Waals surface area (Å²) in [5.41, 5.74) is 1.38. The van der Waals surface area contributed by atoms with Crippen LogP contribution >= 0.6 is 0 Å². The molecule has 0 saturated heterocycles. The molecule has 0 aliphatic rings. The second-order valence-electron chi connectivity index (χ2n) is 6.51. The number of hydrogen-bond acceptors (Lipinski definition) is 4. The van der Waals surface area contributed by atoms with Crippen LogP contribution < -0.4 is 10.1 Å². The van der Waals surface area contributed by atoms with Crippen molar-refractivity contribution >= 4 is 23.0 Å². The van der Waals surface area contributed by atoms with Crippen LogP contribution in [0.1, 0.15) is 40.9 Å². The molecule has 28 heavy (non-hydrogen) atoms. The quantitative estimate of drug-likeness (QED) is 0.681. The third-order valence-corrected chi connectivity index (χ3v) is 4.48. The molecule has 1 N–H and O–H groups in total. The zero-order valence-corrected chi connectivity index (χ0v) is 16.3. The fourth-order valence-electron chi connectivity index (χ4n) is 2.91. The van der Waals surface area contributed by atoms with Crippen LogP contribution in [0.15, 0.2) is 48.7 Å². The normalized spacial score (nSPS) is 10.7. The number of methoxy groups -OCH3 is 1. The number of unbranched alkanes of at least 4 members (excludes halogenated alkanes) is 1. The van der Waals surface area contributed by atoms with E-state index in [1.165, 1.54) is 0 Å². The maximum Gasteiger partial charge on any atom is 0.289 e. The van der Waals surface area contributed by atoms with Crippen LogP contribution in [0.2, 0.25) is 0 Å². The van der Waals surface area contributed by atoms with E-state index in [1.807, 2.05) is 6.07 Å². The van der Waals surface area contributed by atoms with Gasteiger partial charge in [-0.2, -0.15) is 0 Å². The van der Waals surface area contributed by atoms with Gasteiger partial charge in [-0.05, 0) is 30.7 Å². The molecule has 3 rings (SSSR count). The maximum absolute atomic E-state index is 12.9. The third-order valence-electron chi connectivity index (χ3n) is 4.48. The van der Waals surface area contributed by atoms with Crippen molar-refractivity contribution in [2.45, 2.75) is 19.8 Å². The lowest BCUT2D eigenvalue weighted by atomic mass is 10.2. The molecule has 7 heteroatoms. The van der Waals surface area contributed by atoms with E-state index in [1.54, 1.807) is 66.1 Å². The van der Waals surface area contributed by atoms with Crippen molar-refractivity contribution in [1.82, 2.24) is 14.3 Å². The summed E-state index contributed by atoms with van der Waals surface area (Å²) in [7, 11) is 3.31. The maximum atomic E-state index is 12.9. The molecule has 7 nitrogen and oxygen atoms in total. The summed E-state index contributed by atoms with van der Waals surface area (Å²) in [6.07, 6.45) is 3.65. The SMILES string of the molecule is CCCCN(C)C(=O)c1nc(C(=O)Nc2cccc(OC)c2)c2ccccn12. The van der Waals surface area contributed by atoms with Crippen molar-refractivity contribution in [2.75, 3.05) is 26.0 Å². The number of imidazole rings is 1. The fourth-order valence-corrected chi connectivity index (χ4v) is 2.91. The van der Waals surface area contributed by atoms with Crippen molar-refractivity contribution in [1.29, 1.82) is 0 Å². The lowest BCUT2D eigenvalue weighted by Crippen LogP contribution is -2.29. The molecule has 0 spiro atoms. The Morgan fingerprint density at radius 1 is 1.21 bits per heavy atom. The number of anilines is 1. The molecular formula is C21H24N4O3. The summed E-state index contributed by atoms with van der Waals surface area (Å²) in [5, 5.41) is 2.82. The lowest BCUT2D eigenvalue weighted by molar-refractivity contribution is 0.0780. The second kappa shape index (κ2) is 8.56. The number of aromatic nitrogens is 2. The van der Waals surface area contributed by atoms with E-state index >= 15 is 0 Å². The van der Waals surface area contributed by atoms with Gasteiger partial charge in [0.2, 0.25) is 5.82 Å². The molecule has 2 aromatic heterocycles. The lowest BCUT2D eigenvalue weighted by Gasteiger charge is -2.15. The highest BCUT2D eigenvalue weighted by molar-refractivity contribution is 6.09. The number of fused-ring (bicyclic) bond motifs is 1. The van der Waals surface area contributed by atoms with Crippen LogP contribution in [0.25, 0.3) is 5.52 Å². The molecule has 0 unspecified atom stereocenters. The molecular weight excluding hydrogens is 356 g/mol. The number of hydrogen-bond donors (Lipinski definition) is 1. The zero-order chi connectivity index (χ0) is 20.1. The average Bonchev–Trinajstić information content (AvgIpc) is 3.11. The Bertz CT molecular complexity index is 996. The van der Waals surface area contributed by atoms with Gasteiger partial charge >= 0.3 is 0 Å². The molecule has 0 aliphatic heterocycles. The molecule has 3 aromatic rings. The minimum absolute atomic E-state index is 0.204. The molecule has 2 heterocycles. The van der Waals surface area contributed by atoms with E-state index in [0.717, 1.165) is 12.8 Å². The standard InChI is InChI=1S/C21H24N4O3/c1-4-5-12-24(2)21(27)19-23-18(17-11-6-7-13-25(17)19)20(26)22-15-9-8-10-16(14-15)28-3/h6-11,13-14H,4-5,12H2,1-3H3,(H,22,26). The van der Waals surface area contributed by atoms with Crippen LogP contribution in [0.3, 0.4) is 0 Å². The monoisotopic (exact) mass is 380 g/mol. The smallest absolute Gasteiger partial charge is 0.289 e. The van der Waals surface area contributed by atoms with E-state index in [4.69, 9.17) is 4.74 Å². The molecule has 1 aromatic carbocycles. The predicted molar refractivity (Wildman–Crippen MR) is 108 cm³/mol. The Labute approximate surface area is 163 Å². The molecule has 0 aliphatic carbocycles. The molecule has 0 fully saturated rings. The van der Waals surface area contributed by atoms with E-state index in [2.05, 4.69) is 17.2 Å². The molecule has 0 saturated carbocycles. The van der Waals surface area contributed by atoms with Crippen molar-refractivity contribution < 1.29 is 14.3 Å².